The van der Waals surface area contributed by atoms with Gasteiger partial charge in [0.1, 0.15) is 13.2 Å². The molecule has 0 rings (SSSR count). The number of Topliss-reactive ketones (excluding diaryl/α,β-unsaturated/α-hetero) is 2. The van der Waals surface area contributed by atoms with E-state index in [1.807, 2.05) is 67.5 Å². The Labute approximate surface area is 159 Å². The first-order valence-electron chi connectivity index (χ1n) is 8.91. The molecule has 0 bridgehead atoms. The molecule has 0 aliphatic heterocycles. The summed E-state index contributed by atoms with van der Waals surface area (Å²) in [6.45, 7) is 14.6. The standard InChI is InChI=1S/C20H35O5P/c1-15(2)9-11-19(5,6)17(21)13-24-26(23)25-14-18(22)20(7,8)12-10-16(3)4/h9-10,26H,11-14H2,1-8H3. The topological polar surface area (TPSA) is 69.7 Å². The zero-order valence-corrected chi connectivity index (χ0v) is 18.5. The highest BCUT2D eigenvalue weighted by molar-refractivity contribution is 7.33. The van der Waals surface area contributed by atoms with E-state index >= 15 is 0 Å². The van der Waals surface area contributed by atoms with Crippen molar-refractivity contribution in [2.75, 3.05) is 13.2 Å². The van der Waals surface area contributed by atoms with E-state index in [0.717, 1.165) is 11.1 Å². The van der Waals surface area contributed by atoms with Gasteiger partial charge in [-0.05, 0) is 40.5 Å². The smallest absolute Gasteiger partial charge is 0.303 e. The third-order valence-electron chi connectivity index (χ3n) is 4.19. The molecular formula is C20H35O5P. The van der Waals surface area contributed by atoms with Crippen LogP contribution in [0.3, 0.4) is 0 Å². The van der Waals surface area contributed by atoms with Gasteiger partial charge in [0.2, 0.25) is 0 Å². The maximum atomic E-state index is 12.2. The van der Waals surface area contributed by atoms with Gasteiger partial charge >= 0.3 is 8.25 Å². The molecule has 0 unspecified atom stereocenters. The number of hydrogen-bond donors (Lipinski definition) is 0. The molecule has 6 heteroatoms. The predicted molar refractivity (Wildman–Crippen MR) is 107 cm³/mol. The molecular weight excluding hydrogens is 351 g/mol. The highest BCUT2D eigenvalue weighted by Crippen LogP contribution is 2.30. The van der Waals surface area contributed by atoms with Crippen molar-refractivity contribution in [1.29, 1.82) is 0 Å². The van der Waals surface area contributed by atoms with Crippen LogP contribution in [0, 0.1) is 10.8 Å². The van der Waals surface area contributed by atoms with Crippen molar-refractivity contribution in [1.82, 2.24) is 0 Å². The Morgan fingerprint density at radius 2 is 1.08 bits per heavy atom. The van der Waals surface area contributed by atoms with Gasteiger partial charge in [-0.1, -0.05) is 51.0 Å². The number of allylic oxidation sites excluding steroid dienone is 4. The van der Waals surface area contributed by atoms with Gasteiger partial charge in [0.05, 0.1) is 0 Å². The van der Waals surface area contributed by atoms with Crippen molar-refractivity contribution in [2.45, 2.75) is 68.2 Å². The van der Waals surface area contributed by atoms with E-state index in [1.165, 1.54) is 0 Å². The van der Waals surface area contributed by atoms with E-state index in [0.29, 0.717) is 12.8 Å². The van der Waals surface area contributed by atoms with Crippen LogP contribution in [-0.4, -0.2) is 24.8 Å². The van der Waals surface area contributed by atoms with Crippen molar-refractivity contribution in [3.05, 3.63) is 23.3 Å². The lowest BCUT2D eigenvalue weighted by Crippen LogP contribution is -2.28. The summed E-state index contributed by atoms with van der Waals surface area (Å²) in [5.41, 5.74) is 1.08. The summed E-state index contributed by atoms with van der Waals surface area (Å²) >= 11 is 0. The van der Waals surface area contributed by atoms with E-state index in [1.54, 1.807) is 0 Å². The number of rotatable bonds is 12. The van der Waals surface area contributed by atoms with Gasteiger partial charge in [-0.15, -0.1) is 0 Å². The minimum atomic E-state index is -2.88. The van der Waals surface area contributed by atoms with Gasteiger partial charge in [0.25, 0.3) is 0 Å². The van der Waals surface area contributed by atoms with Gasteiger partial charge in [0, 0.05) is 10.8 Å². The Balaban J connectivity index is 4.43. The van der Waals surface area contributed by atoms with Gasteiger partial charge in [-0.3, -0.25) is 14.2 Å². The van der Waals surface area contributed by atoms with E-state index in [9.17, 15) is 14.2 Å². The third kappa shape index (κ3) is 10.2. The SMILES string of the molecule is CC(C)=CCC(C)(C)C(=O)CO[PH](=O)OCC(=O)C(C)(C)CC=C(C)C. The molecule has 0 spiro atoms. The van der Waals surface area contributed by atoms with E-state index < -0.39 is 19.1 Å². The van der Waals surface area contributed by atoms with Crippen LogP contribution in [0.4, 0.5) is 0 Å². The molecule has 26 heavy (non-hydrogen) atoms. The second-order valence-electron chi connectivity index (χ2n) is 8.41. The van der Waals surface area contributed by atoms with E-state index in [2.05, 4.69) is 0 Å². The fraction of sp³-hybridized carbons (Fsp3) is 0.700. The molecule has 150 valence electrons. The Bertz CT molecular complexity index is 527. The third-order valence-corrected chi connectivity index (χ3v) is 4.95. The van der Waals surface area contributed by atoms with Crippen LogP contribution in [-0.2, 0) is 23.2 Å². The summed E-state index contributed by atoms with van der Waals surface area (Å²) in [4.78, 5) is 24.4. The second kappa shape index (κ2) is 11.0. The van der Waals surface area contributed by atoms with E-state index in [4.69, 9.17) is 9.05 Å². The predicted octanol–water partition coefficient (Wildman–Crippen LogP) is 5.31. The molecule has 0 N–H and O–H groups in total. The lowest BCUT2D eigenvalue weighted by molar-refractivity contribution is -0.129. The molecule has 0 saturated heterocycles. The summed E-state index contributed by atoms with van der Waals surface area (Å²) in [7, 11) is -2.88. The fourth-order valence-electron chi connectivity index (χ4n) is 1.83. The Kier molecular flexibility index (Phi) is 10.5. The summed E-state index contributed by atoms with van der Waals surface area (Å²) in [6.07, 6.45) is 5.17. The first-order chi connectivity index (χ1) is 11.8. The minimum absolute atomic E-state index is 0.146. The van der Waals surface area contributed by atoms with Crippen molar-refractivity contribution in [3.63, 3.8) is 0 Å². The largest absolute Gasteiger partial charge is 0.319 e. The van der Waals surface area contributed by atoms with Crippen molar-refractivity contribution >= 4 is 19.8 Å². The summed E-state index contributed by atoms with van der Waals surface area (Å²) in [5.74, 6) is -0.292. The summed E-state index contributed by atoms with van der Waals surface area (Å²) < 4.78 is 21.9. The number of hydrogen-bond acceptors (Lipinski definition) is 5. The molecule has 0 radical (unpaired) electrons. The van der Waals surface area contributed by atoms with Crippen LogP contribution in [0.1, 0.15) is 68.2 Å². The monoisotopic (exact) mass is 386 g/mol. The highest BCUT2D eigenvalue weighted by atomic mass is 31.1. The van der Waals surface area contributed by atoms with Crippen LogP contribution in [0.15, 0.2) is 23.3 Å². The average Bonchev–Trinajstić information content (AvgIpc) is 2.53. The van der Waals surface area contributed by atoms with Crippen molar-refractivity contribution in [2.24, 2.45) is 10.8 Å². The fourth-order valence-corrected chi connectivity index (χ4v) is 2.41. The summed E-state index contributed by atoms with van der Waals surface area (Å²) in [6, 6.07) is 0. The molecule has 0 heterocycles. The van der Waals surface area contributed by atoms with Crippen LogP contribution in [0.25, 0.3) is 0 Å². The normalized spacial score (nSPS) is 12.0. The average molecular weight is 386 g/mol. The maximum Gasteiger partial charge on any atom is 0.319 e. The van der Waals surface area contributed by atoms with Gasteiger partial charge in [-0.2, -0.15) is 0 Å². The van der Waals surface area contributed by atoms with Gasteiger partial charge in [0.15, 0.2) is 11.6 Å². The lowest BCUT2D eigenvalue weighted by atomic mass is 9.84. The highest BCUT2D eigenvalue weighted by Gasteiger charge is 2.28. The van der Waals surface area contributed by atoms with Gasteiger partial charge in [-0.25, -0.2) is 0 Å². The second-order valence-corrected chi connectivity index (χ2v) is 9.49. The molecule has 0 saturated carbocycles. The van der Waals surface area contributed by atoms with E-state index in [-0.39, 0.29) is 24.8 Å². The molecule has 0 aliphatic rings. The molecule has 5 nitrogen and oxygen atoms in total. The van der Waals surface area contributed by atoms with Crippen LogP contribution in [0.2, 0.25) is 0 Å². The summed E-state index contributed by atoms with van der Waals surface area (Å²) in [5, 5.41) is 0. The first-order valence-corrected chi connectivity index (χ1v) is 10.1. The molecule has 0 fully saturated rings. The zero-order chi connectivity index (χ0) is 20.5. The first kappa shape index (κ1) is 25.0. The lowest BCUT2D eigenvalue weighted by Gasteiger charge is -2.22. The minimum Gasteiger partial charge on any atom is -0.303 e. The van der Waals surface area contributed by atoms with Crippen LogP contribution >= 0.6 is 8.25 Å². The number of ketones is 2. The molecule has 0 aliphatic carbocycles. The Morgan fingerprint density at radius 3 is 1.35 bits per heavy atom. The number of carbonyl (C=O) groups is 2. The molecule has 0 atom stereocenters. The number of carbonyl (C=O) groups excluding carboxylic acids is 2. The van der Waals surface area contributed by atoms with Crippen molar-refractivity contribution in [3.8, 4) is 0 Å². The molecule has 0 amide bonds. The van der Waals surface area contributed by atoms with Gasteiger partial charge < -0.3 is 9.05 Å². The maximum absolute atomic E-state index is 12.2. The van der Waals surface area contributed by atoms with Crippen LogP contribution < -0.4 is 0 Å². The quantitative estimate of drug-likeness (QED) is 0.336. The Hall–Kier alpha value is -1.03. The zero-order valence-electron chi connectivity index (χ0n) is 17.5. The molecule has 0 aromatic heterocycles. The van der Waals surface area contributed by atoms with Crippen molar-refractivity contribution < 1.29 is 23.2 Å². The molecule has 0 aromatic rings. The Morgan fingerprint density at radius 1 is 0.769 bits per heavy atom. The van der Waals surface area contributed by atoms with Crippen LogP contribution in [0.5, 0.6) is 0 Å². The molecule has 0 aromatic carbocycles.